The van der Waals surface area contributed by atoms with Crippen molar-refractivity contribution in [3.05, 3.63) is 11.0 Å². The maximum absolute atomic E-state index is 3.64. The van der Waals surface area contributed by atoms with E-state index in [0.29, 0.717) is 0 Å². The van der Waals surface area contributed by atoms with Crippen LogP contribution in [0.1, 0.15) is 57.8 Å². The Hall–Kier alpha value is 0.0500. The molecule has 1 fully saturated rings. The van der Waals surface area contributed by atoms with Crippen LogP contribution in [-0.4, -0.2) is 6.04 Å². The molecule has 0 aliphatic heterocycles. The molecule has 0 bridgehead atoms. The van der Waals surface area contributed by atoms with Crippen molar-refractivity contribution in [2.24, 2.45) is 0 Å². The van der Waals surface area contributed by atoms with Crippen molar-refractivity contribution in [2.45, 2.75) is 63.8 Å². The summed E-state index contributed by atoms with van der Waals surface area (Å²) in [6.45, 7) is 0. The molecule has 2 heteroatoms. The fraction of sp³-hybridized carbons (Fsp3) is 0.833. The van der Waals surface area contributed by atoms with Gasteiger partial charge in [-0.25, -0.2) is 0 Å². The van der Waals surface area contributed by atoms with Gasteiger partial charge in [-0.15, -0.1) is 0 Å². The van der Waals surface area contributed by atoms with E-state index in [1.807, 2.05) is 11.9 Å². The van der Waals surface area contributed by atoms with Gasteiger partial charge in [-0.3, -0.25) is 4.72 Å². The van der Waals surface area contributed by atoms with Crippen molar-refractivity contribution in [2.75, 3.05) is 0 Å². The molecule has 0 heterocycles. The van der Waals surface area contributed by atoms with Gasteiger partial charge in [0.15, 0.2) is 0 Å². The quantitative estimate of drug-likeness (QED) is 0.708. The summed E-state index contributed by atoms with van der Waals surface area (Å²) >= 11 is 1.91. The topological polar surface area (TPSA) is 12.0 Å². The van der Waals surface area contributed by atoms with Crippen LogP contribution < -0.4 is 4.72 Å². The molecule has 1 nitrogen and oxygen atoms in total. The minimum Gasteiger partial charge on any atom is -0.257 e. The van der Waals surface area contributed by atoms with Crippen molar-refractivity contribution in [1.29, 1.82) is 0 Å². The number of hydrogen-bond acceptors (Lipinski definition) is 2. The third-order valence-corrected chi connectivity index (χ3v) is 4.30. The molecule has 0 spiro atoms. The zero-order valence-corrected chi connectivity index (χ0v) is 9.74. The van der Waals surface area contributed by atoms with Gasteiger partial charge in [0.2, 0.25) is 0 Å². The van der Waals surface area contributed by atoms with Crippen LogP contribution in [0.4, 0.5) is 0 Å². The van der Waals surface area contributed by atoms with E-state index in [0.717, 1.165) is 6.04 Å². The lowest BCUT2D eigenvalue weighted by Gasteiger charge is -2.23. The first-order valence-corrected chi connectivity index (χ1v) is 6.88. The lowest BCUT2D eigenvalue weighted by molar-refractivity contribution is 0.423. The Kier molecular flexibility index (Phi) is 4.39. The molecule has 0 aromatic rings. The minimum atomic E-state index is 0.788. The van der Waals surface area contributed by atoms with Gasteiger partial charge in [0, 0.05) is 6.04 Å². The molecule has 0 atom stereocenters. The van der Waals surface area contributed by atoms with Gasteiger partial charge < -0.3 is 0 Å². The first-order chi connectivity index (χ1) is 6.95. The summed E-state index contributed by atoms with van der Waals surface area (Å²) in [5, 5.41) is 0. The van der Waals surface area contributed by atoms with Crippen molar-refractivity contribution in [3.8, 4) is 0 Å². The third-order valence-electron chi connectivity index (χ3n) is 3.21. The van der Waals surface area contributed by atoms with E-state index >= 15 is 0 Å². The highest BCUT2D eigenvalue weighted by molar-refractivity contribution is 8.01. The third kappa shape index (κ3) is 3.32. The summed E-state index contributed by atoms with van der Waals surface area (Å²) in [6, 6.07) is 0.788. The maximum Gasteiger partial charge on any atom is 0.0175 e. The first kappa shape index (κ1) is 10.6. The summed E-state index contributed by atoms with van der Waals surface area (Å²) < 4.78 is 3.64. The highest BCUT2D eigenvalue weighted by atomic mass is 32.2. The van der Waals surface area contributed by atoms with Crippen molar-refractivity contribution in [3.63, 3.8) is 0 Å². The molecular weight excluding hydrogens is 190 g/mol. The van der Waals surface area contributed by atoms with E-state index in [-0.39, 0.29) is 0 Å². The average molecular weight is 211 g/mol. The van der Waals surface area contributed by atoms with Crippen molar-refractivity contribution in [1.82, 2.24) is 4.72 Å². The molecule has 2 rings (SSSR count). The SMILES string of the molecule is C1=C(SNC2CCCCC2)CCCC1. The van der Waals surface area contributed by atoms with Crippen LogP contribution in [0.25, 0.3) is 0 Å². The van der Waals surface area contributed by atoms with Gasteiger partial charge >= 0.3 is 0 Å². The highest BCUT2D eigenvalue weighted by Gasteiger charge is 2.13. The molecule has 0 saturated heterocycles. The summed E-state index contributed by atoms with van der Waals surface area (Å²) in [7, 11) is 0. The fourth-order valence-corrected chi connectivity index (χ4v) is 3.28. The van der Waals surface area contributed by atoms with E-state index in [9.17, 15) is 0 Å². The molecule has 80 valence electrons. The number of allylic oxidation sites excluding steroid dienone is 2. The molecule has 0 radical (unpaired) electrons. The predicted octanol–water partition coefficient (Wildman–Crippen LogP) is 4.01. The molecule has 0 amide bonds. The fourth-order valence-electron chi connectivity index (χ4n) is 2.28. The predicted molar refractivity (Wildman–Crippen MR) is 64.2 cm³/mol. The largest absolute Gasteiger partial charge is 0.257 e. The Balaban J connectivity index is 1.67. The summed E-state index contributed by atoms with van der Waals surface area (Å²) in [4.78, 5) is 1.59. The summed E-state index contributed by atoms with van der Waals surface area (Å²) in [5.74, 6) is 0. The number of nitrogens with one attached hydrogen (secondary N) is 1. The molecule has 2 aliphatic carbocycles. The van der Waals surface area contributed by atoms with Gasteiger partial charge in [0.05, 0.1) is 0 Å². The van der Waals surface area contributed by atoms with Gasteiger partial charge in [0.25, 0.3) is 0 Å². The molecular formula is C12H21NS. The highest BCUT2D eigenvalue weighted by Crippen LogP contribution is 2.27. The normalized spacial score (nSPS) is 24.7. The first-order valence-electron chi connectivity index (χ1n) is 6.06. The van der Waals surface area contributed by atoms with E-state index in [1.165, 1.54) is 57.8 Å². The molecule has 0 unspecified atom stereocenters. The summed E-state index contributed by atoms with van der Waals surface area (Å²) in [5.41, 5.74) is 0. The number of rotatable bonds is 3. The smallest absolute Gasteiger partial charge is 0.0175 e. The van der Waals surface area contributed by atoms with Crippen LogP contribution in [0.3, 0.4) is 0 Å². The molecule has 0 aromatic heterocycles. The van der Waals surface area contributed by atoms with Crippen LogP contribution in [0.15, 0.2) is 11.0 Å². The lowest BCUT2D eigenvalue weighted by atomic mass is 9.96. The number of hydrogen-bond donors (Lipinski definition) is 1. The molecule has 1 N–H and O–H groups in total. The van der Waals surface area contributed by atoms with E-state index in [4.69, 9.17) is 0 Å². The van der Waals surface area contributed by atoms with Gasteiger partial charge in [-0.05, 0) is 55.4 Å². The maximum atomic E-state index is 3.64. The van der Waals surface area contributed by atoms with Gasteiger partial charge in [-0.2, -0.15) is 0 Å². The monoisotopic (exact) mass is 211 g/mol. The van der Waals surface area contributed by atoms with E-state index < -0.39 is 0 Å². The minimum absolute atomic E-state index is 0.788. The lowest BCUT2D eigenvalue weighted by Crippen LogP contribution is -2.25. The summed E-state index contributed by atoms with van der Waals surface area (Å²) in [6.07, 6.45) is 14.9. The Morgan fingerprint density at radius 3 is 2.64 bits per heavy atom. The van der Waals surface area contributed by atoms with Gasteiger partial charge in [-0.1, -0.05) is 25.3 Å². The molecule has 1 saturated carbocycles. The van der Waals surface area contributed by atoms with Gasteiger partial charge in [0.1, 0.15) is 0 Å². The second kappa shape index (κ2) is 5.82. The zero-order chi connectivity index (χ0) is 9.64. The molecule has 2 aliphatic rings. The Morgan fingerprint density at radius 1 is 1.07 bits per heavy atom. The molecule has 0 aromatic carbocycles. The zero-order valence-electron chi connectivity index (χ0n) is 8.93. The Morgan fingerprint density at radius 2 is 1.93 bits per heavy atom. The van der Waals surface area contributed by atoms with E-state index in [1.54, 1.807) is 4.91 Å². The average Bonchev–Trinajstić information content (AvgIpc) is 2.29. The second-order valence-electron chi connectivity index (χ2n) is 4.47. The Labute approximate surface area is 91.9 Å². The second-order valence-corrected chi connectivity index (χ2v) is 5.44. The van der Waals surface area contributed by atoms with Crippen LogP contribution in [0.2, 0.25) is 0 Å². The van der Waals surface area contributed by atoms with Crippen molar-refractivity contribution >= 4 is 11.9 Å². The van der Waals surface area contributed by atoms with Crippen LogP contribution >= 0.6 is 11.9 Å². The van der Waals surface area contributed by atoms with Crippen molar-refractivity contribution < 1.29 is 0 Å². The van der Waals surface area contributed by atoms with Crippen LogP contribution in [0, 0.1) is 0 Å². The Bertz CT molecular complexity index is 194. The molecule has 14 heavy (non-hydrogen) atoms. The van der Waals surface area contributed by atoms with Crippen LogP contribution in [0.5, 0.6) is 0 Å². The van der Waals surface area contributed by atoms with E-state index in [2.05, 4.69) is 10.8 Å². The van der Waals surface area contributed by atoms with Crippen LogP contribution in [-0.2, 0) is 0 Å². The standard InChI is InChI=1S/C12H21NS/c1-3-7-11(8-4-1)13-14-12-9-5-2-6-10-12/h9,11,13H,1-8,10H2.